The van der Waals surface area contributed by atoms with Crippen LogP contribution in [-0.4, -0.2) is 0 Å². The first-order valence-electron chi connectivity index (χ1n) is 17.3. The molecule has 0 N–H and O–H groups in total. The van der Waals surface area contributed by atoms with Gasteiger partial charge in [-0.15, -0.1) is 0 Å². The van der Waals surface area contributed by atoms with Gasteiger partial charge in [-0.3, -0.25) is 0 Å². The van der Waals surface area contributed by atoms with Crippen molar-refractivity contribution < 1.29 is 0 Å². The van der Waals surface area contributed by atoms with Gasteiger partial charge in [-0.2, -0.15) is 0 Å². The van der Waals surface area contributed by atoms with Gasteiger partial charge < -0.3 is 0 Å². The molecule has 1 aliphatic rings. The average molecular weight is 623 g/mol. The van der Waals surface area contributed by atoms with Gasteiger partial charge in [-0.05, 0) is 123 Å². The minimum absolute atomic E-state index is 0.120. The Hall–Kier alpha value is -5.98. The normalized spacial score (nSPS) is 13.3. The Morgan fingerprint density at radius 2 is 0.714 bits per heavy atom. The lowest BCUT2D eigenvalue weighted by atomic mass is 9.80. The molecule has 0 fully saturated rings. The van der Waals surface area contributed by atoms with Crippen molar-refractivity contribution in [2.75, 3.05) is 0 Å². The van der Waals surface area contributed by atoms with Crippen LogP contribution in [0.2, 0.25) is 0 Å². The van der Waals surface area contributed by atoms with Crippen LogP contribution in [0.25, 0.3) is 87.6 Å². The molecule has 9 aromatic carbocycles. The standard InChI is InChI=1S/C49H34/c1-49(2)47-29-34(33-20-19-31-11-3-4-12-32(31)27-33)21-25-44(47)45-26-23-36(30-48(45)49)38-14-6-5-13-37(38)35-22-24-43-41-17-8-7-15-39(41)40-16-9-10-18-42(40)46(43)28-35/h3-30H,1-2H3. The Balaban J connectivity index is 1.08. The highest BCUT2D eigenvalue weighted by atomic mass is 14.4. The molecule has 0 nitrogen and oxygen atoms in total. The van der Waals surface area contributed by atoms with E-state index in [0.29, 0.717) is 0 Å². The van der Waals surface area contributed by atoms with Gasteiger partial charge in [0.15, 0.2) is 0 Å². The van der Waals surface area contributed by atoms with Crippen LogP contribution >= 0.6 is 0 Å². The summed E-state index contributed by atoms with van der Waals surface area (Å²) < 4.78 is 0. The number of fused-ring (bicyclic) bond motifs is 10. The van der Waals surface area contributed by atoms with Crippen LogP contribution in [0.1, 0.15) is 25.0 Å². The zero-order chi connectivity index (χ0) is 32.7. The van der Waals surface area contributed by atoms with Gasteiger partial charge in [-0.25, -0.2) is 0 Å². The molecule has 0 saturated carbocycles. The van der Waals surface area contributed by atoms with Crippen LogP contribution in [0.3, 0.4) is 0 Å². The zero-order valence-corrected chi connectivity index (χ0v) is 27.7. The molecule has 0 amide bonds. The van der Waals surface area contributed by atoms with Gasteiger partial charge in [0, 0.05) is 5.41 Å². The van der Waals surface area contributed by atoms with E-state index < -0.39 is 0 Å². The third-order valence-corrected chi connectivity index (χ3v) is 11.1. The number of hydrogen-bond acceptors (Lipinski definition) is 0. The molecular formula is C49H34. The summed E-state index contributed by atoms with van der Waals surface area (Å²) in [5, 5.41) is 10.4. The Bertz CT molecular complexity index is 2760. The fourth-order valence-electron chi connectivity index (χ4n) is 8.52. The van der Waals surface area contributed by atoms with E-state index >= 15 is 0 Å². The molecule has 230 valence electrons. The average Bonchev–Trinajstić information content (AvgIpc) is 3.39. The molecule has 0 saturated heterocycles. The lowest BCUT2D eigenvalue weighted by molar-refractivity contribution is 0.661. The van der Waals surface area contributed by atoms with Gasteiger partial charge >= 0.3 is 0 Å². The lowest BCUT2D eigenvalue weighted by Gasteiger charge is -2.23. The molecule has 0 unspecified atom stereocenters. The first-order chi connectivity index (χ1) is 24.0. The minimum atomic E-state index is -0.120. The van der Waals surface area contributed by atoms with Gasteiger partial charge in [0.05, 0.1) is 0 Å². The second-order valence-electron chi connectivity index (χ2n) is 14.1. The SMILES string of the molecule is CC1(C)c2cc(-c3ccc4ccccc4c3)ccc2-c2ccc(-c3ccccc3-c3ccc4c5ccccc5c5ccccc5c4c3)cc21. The maximum atomic E-state index is 2.45. The summed E-state index contributed by atoms with van der Waals surface area (Å²) in [6, 6.07) is 63.2. The Morgan fingerprint density at radius 3 is 1.37 bits per heavy atom. The van der Waals surface area contributed by atoms with Crippen molar-refractivity contribution in [1.82, 2.24) is 0 Å². The fourth-order valence-corrected chi connectivity index (χ4v) is 8.52. The van der Waals surface area contributed by atoms with Gasteiger partial charge in [0.25, 0.3) is 0 Å². The van der Waals surface area contributed by atoms with Crippen LogP contribution in [0.15, 0.2) is 170 Å². The smallest absolute Gasteiger partial charge is 0.0159 e. The Labute approximate surface area is 286 Å². The van der Waals surface area contributed by atoms with E-state index in [1.807, 2.05) is 0 Å². The Kier molecular flexibility index (Phi) is 6.02. The highest BCUT2D eigenvalue weighted by Crippen LogP contribution is 2.51. The molecule has 0 aromatic heterocycles. The summed E-state index contributed by atoms with van der Waals surface area (Å²) in [4.78, 5) is 0. The van der Waals surface area contributed by atoms with E-state index in [1.165, 1.54) is 98.7 Å². The van der Waals surface area contributed by atoms with Crippen molar-refractivity contribution in [3.8, 4) is 44.5 Å². The molecule has 0 atom stereocenters. The fraction of sp³-hybridized carbons (Fsp3) is 0.0612. The molecule has 0 bridgehead atoms. The molecule has 1 aliphatic carbocycles. The third kappa shape index (κ3) is 4.24. The predicted octanol–water partition coefficient (Wildman–Crippen LogP) is 13.6. The summed E-state index contributed by atoms with van der Waals surface area (Å²) in [7, 11) is 0. The van der Waals surface area contributed by atoms with Crippen molar-refractivity contribution >= 4 is 43.1 Å². The molecular weight excluding hydrogens is 589 g/mol. The van der Waals surface area contributed by atoms with Gasteiger partial charge in [-0.1, -0.05) is 159 Å². The van der Waals surface area contributed by atoms with Crippen LogP contribution in [0.5, 0.6) is 0 Å². The van der Waals surface area contributed by atoms with Crippen molar-refractivity contribution in [3.05, 3.63) is 181 Å². The van der Waals surface area contributed by atoms with E-state index in [-0.39, 0.29) is 5.41 Å². The van der Waals surface area contributed by atoms with E-state index in [9.17, 15) is 0 Å². The van der Waals surface area contributed by atoms with Crippen LogP contribution in [0, 0.1) is 0 Å². The molecule has 9 aromatic rings. The summed E-state index contributed by atoms with van der Waals surface area (Å²) >= 11 is 0. The van der Waals surface area contributed by atoms with Gasteiger partial charge in [0.1, 0.15) is 0 Å². The van der Waals surface area contributed by atoms with E-state index in [0.717, 1.165) is 0 Å². The topological polar surface area (TPSA) is 0 Å². The number of rotatable bonds is 3. The van der Waals surface area contributed by atoms with Crippen molar-refractivity contribution in [2.24, 2.45) is 0 Å². The highest BCUT2D eigenvalue weighted by molar-refractivity contribution is 6.25. The second-order valence-corrected chi connectivity index (χ2v) is 14.1. The monoisotopic (exact) mass is 622 g/mol. The second kappa shape index (κ2) is 10.5. The largest absolute Gasteiger partial charge is 0.0616 e. The highest BCUT2D eigenvalue weighted by Gasteiger charge is 2.36. The maximum Gasteiger partial charge on any atom is 0.0159 e. The molecule has 0 spiro atoms. The van der Waals surface area contributed by atoms with E-state index in [4.69, 9.17) is 0 Å². The quantitative estimate of drug-likeness (QED) is 0.172. The van der Waals surface area contributed by atoms with Gasteiger partial charge in [0.2, 0.25) is 0 Å². The first-order valence-corrected chi connectivity index (χ1v) is 17.3. The summed E-state index contributed by atoms with van der Waals surface area (Å²) in [6.07, 6.45) is 0. The Morgan fingerprint density at radius 1 is 0.286 bits per heavy atom. The van der Waals surface area contributed by atoms with Crippen LogP contribution < -0.4 is 0 Å². The van der Waals surface area contributed by atoms with E-state index in [1.54, 1.807) is 0 Å². The molecule has 0 aliphatic heterocycles. The first kappa shape index (κ1) is 28.1. The molecule has 0 radical (unpaired) electrons. The number of hydrogen-bond donors (Lipinski definition) is 0. The molecule has 10 rings (SSSR count). The predicted molar refractivity (Wildman–Crippen MR) is 210 cm³/mol. The zero-order valence-electron chi connectivity index (χ0n) is 27.7. The lowest BCUT2D eigenvalue weighted by Crippen LogP contribution is -2.15. The van der Waals surface area contributed by atoms with Crippen molar-refractivity contribution in [1.29, 1.82) is 0 Å². The van der Waals surface area contributed by atoms with Crippen molar-refractivity contribution in [2.45, 2.75) is 19.3 Å². The summed E-state index contributed by atoms with van der Waals surface area (Å²) in [5.41, 5.74) is 12.9. The molecule has 0 heterocycles. The third-order valence-electron chi connectivity index (χ3n) is 11.1. The maximum absolute atomic E-state index is 2.45. The summed E-state index contributed by atoms with van der Waals surface area (Å²) in [6.45, 7) is 4.77. The summed E-state index contributed by atoms with van der Waals surface area (Å²) in [5.74, 6) is 0. The molecule has 0 heteroatoms. The molecule has 49 heavy (non-hydrogen) atoms. The number of benzene rings is 9. The van der Waals surface area contributed by atoms with Crippen molar-refractivity contribution in [3.63, 3.8) is 0 Å². The van der Waals surface area contributed by atoms with Crippen LogP contribution in [-0.2, 0) is 5.41 Å². The van der Waals surface area contributed by atoms with E-state index in [2.05, 4.69) is 184 Å². The van der Waals surface area contributed by atoms with Crippen LogP contribution in [0.4, 0.5) is 0 Å². The minimum Gasteiger partial charge on any atom is -0.0616 e.